The van der Waals surface area contributed by atoms with E-state index in [9.17, 15) is 5.26 Å². The van der Waals surface area contributed by atoms with E-state index in [1.807, 2.05) is 60.7 Å². The lowest BCUT2D eigenvalue weighted by atomic mass is 10.0. The number of methoxy groups -OCH3 is 1. The van der Waals surface area contributed by atoms with Gasteiger partial charge < -0.3 is 9.72 Å². The number of nitriles is 1. The minimum atomic E-state index is 0.504. The molecule has 0 spiro atoms. The normalized spacial score (nSPS) is 11.6. The third kappa shape index (κ3) is 2.84. The van der Waals surface area contributed by atoms with Crippen LogP contribution >= 0.6 is 0 Å². The van der Waals surface area contributed by atoms with Crippen LogP contribution in [0.15, 0.2) is 60.7 Å². The maximum Gasteiger partial charge on any atom is 0.149 e. The number of fused-ring (bicyclic) bond motifs is 2. The Kier molecular flexibility index (Phi) is 3.68. The van der Waals surface area contributed by atoms with E-state index >= 15 is 0 Å². The maximum absolute atomic E-state index is 9.55. The molecular weight excluding hydrogens is 310 g/mol. The van der Waals surface area contributed by atoms with Crippen molar-refractivity contribution in [3.05, 3.63) is 72.1 Å². The number of aromatic nitrogens is 2. The van der Waals surface area contributed by atoms with Crippen molar-refractivity contribution in [1.29, 1.82) is 5.26 Å². The summed E-state index contributed by atoms with van der Waals surface area (Å²) in [5.41, 5.74) is 3.23. The number of rotatable bonds is 3. The maximum atomic E-state index is 9.55. The van der Waals surface area contributed by atoms with Crippen LogP contribution < -0.4 is 4.74 Å². The number of H-pyrrole nitrogens is 1. The quantitative estimate of drug-likeness (QED) is 0.551. The fourth-order valence-corrected chi connectivity index (χ4v) is 2.86. The Bertz CT molecular complexity index is 1120. The summed E-state index contributed by atoms with van der Waals surface area (Å²) in [5, 5.41) is 11.7. The molecule has 1 aromatic heterocycles. The Hall–Kier alpha value is -3.58. The van der Waals surface area contributed by atoms with E-state index in [0.29, 0.717) is 11.4 Å². The molecule has 25 heavy (non-hydrogen) atoms. The van der Waals surface area contributed by atoms with Crippen molar-refractivity contribution in [3.63, 3.8) is 0 Å². The summed E-state index contributed by atoms with van der Waals surface area (Å²) in [4.78, 5) is 7.70. The highest BCUT2D eigenvalue weighted by Crippen LogP contribution is 2.24. The van der Waals surface area contributed by atoms with Gasteiger partial charge in [0.05, 0.1) is 23.7 Å². The summed E-state index contributed by atoms with van der Waals surface area (Å²) in [6, 6.07) is 22.0. The van der Waals surface area contributed by atoms with Crippen LogP contribution in [-0.2, 0) is 0 Å². The predicted octanol–water partition coefficient (Wildman–Crippen LogP) is 4.79. The molecule has 0 aliphatic rings. The lowest BCUT2D eigenvalue weighted by Gasteiger charge is -2.04. The second kappa shape index (κ2) is 6.14. The molecule has 0 bridgehead atoms. The fourth-order valence-electron chi connectivity index (χ4n) is 2.86. The molecule has 120 valence electrons. The number of benzene rings is 3. The zero-order chi connectivity index (χ0) is 17.2. The lowest BCUT2D eigenvalue weighted by molar-refractivity contribution is 0.415. The Morgan fingerprint density at radius 2 is 1.88 bits per heavy atom. The Balaban J connectivity index is 1.77. The van der Waals surface area contributed by atoms with Crippen molar-refractivity contribution >= 4 is 33.5 Å². The summed E-state index contributed by atoms with van der Waals surface area (Å²) in [6.45, 7) is 0. The number of imidazole rings is 1. The summed E-state index contributed by atoms with van der Waals surface area (Å²) in [5.74, 6) is 1.41. The largest absolute Gasteiger partial charge is 0.497 e. The predicted molar refractivity (Wildman–Crippen MR) is 100 cm³/mol. The number of nitrogens with one attached hydrogen (secondary N) is 1. The van der Waals surface area contributed by atoms with Crippen LogP contribution in [0, 0.1) is 11.3 Å². The van der Waals surface area contributed by atoms with Crippen LogP contribution in [0.4, 0.5) is 0 Å². The van der Waals surface area contributed by atoms with Gasteiger partial charge in [0.1, 0.15) is 17.6 Å². The van der Waals surface area contributed by atoms with Gasteiger partial charge in [0.25, 0.3) is 0 Å². The fraction of sp³-hybridized carbons (Fsp3) is 0.0476. The molecule has 0 radical (unpaired) electrons. The minimum Gasteiger partial charge on any atom is -0.497 e. The molecule has 0 aliphatic carbocycles. The molecule has 4 rings (SSSR count). The van der Waals surface area contributed by atoms with Gasteiger partial charge in [-0.25, -0.2) is 4.98 Å². The SMILES string of the molecule is COc1ccc2cc(C=C(C#N)c3nc4ccccc4[nH]3)ccc2c1. The average Bonchev–Trinajstić information content (AvgIpc) is 3.09. The number of aromatic amines is 1. The van der Waals surface area contributed by atoms with E-state index in [1.54, 1.807) is 7.11 Å². The molecule has 3 aromatic carbocycles. The number of ether oxygens (including phenoxy) is 1. The van der Waals surface area contributed by atoms with Crippen molar-refractivity contribution in [1.82, 2.24) is 9.97 Å². The first-order chi connectivity index (χ1) is 12.3. The summed E-state index contributed by atoms with van der Waals surface area (Å²) in [6.07, 6.45) is 1.85. The van der Waals surface area contributed by atoms with Crippen molar-refractivity contribution in [3.8, 4) is 11.8 Å². The van der Waals surface area contributed by atoms with Gasteiger partial charge in [0.2, 0.25) is 0 Å². The highest BCUT2D eigenvalue weighted by molar-refractivity contribution is 5.93. The molecule has 4 aromatic rings. The van der Waals surface area contributed by atoms with Crippen molar-refractivity contribution in [2.45, 2.75) is 0 Å². The topological polar surface area (TPSA) is 61.7 Å². The summed E-state index contributed by atoms with van der Waals surface area (Å²) in [7, 11) is 1.66. The van der Waals surface area contributed by atoms with Gasteiger partial charge in [-0.2, -0.15) is 5.26 Å². The van der Waals surface area contributed by atoms with Crippen LogP contribution in [0.1, 0.15) is 11.4 Å². The molecule has 1 N–H and O–H groups in total. The second-order valence-electron chi connectivity index (χ2n) is 5.74. The molecule has 0 amide bonds. The summed E-state index contributed by atoms with van der Waals surface area (Å²) < 4.78 is 5.25. The van der Waals surface area contributed by atoms with Gasteiger partial charge in [-0.3, -0.25) is 0 Å². The van der Waals surface area contributed by atoms with E-state index in [-0.39, 0.29) is 0 Å². The smallest absolute Gasteiger partial charge is 0.149 e. The van der Waals surface area contributed by atoms with Gasteiger partial charge in [-0.05, 0) is 52.7 Å². The second-order valence-corrected chi connectivity index (χ2v) is 5.74. The van der Waals surface area contributed by atoms with Crippen LogP contribution in [0.3, 0.4) is 0 Å². The van der Waals surface area contributed by atoms with Crippen LogP contribution in [0.5, 0.6) is 5.75 Å². The molecule has 0 saturated carbocycles. The first-order valence-corrected chi connectivity index (χ1v) is 7.91. The molecule has 0 saturated heterocycles. The third-order valence-electron chi connectivity index (χ3n) is 4.15. The van der Waals surface area contributed by atoms with Gasteiger partial charge in [0.15, 0.2) is 0 Å². The van der Waals surface area contributed by atoms with Gasteiger partial charge in [-0.1, -0.05) is 30.3 Å². The van der Waals surface area contributed by atoms with E-state index in [1.165, 1.54) is 0 Å². The van der Waals surface area contributed by atoms with Crippen molar-refractivity contribution in [2.24, 2.45) is 0 Å². The molecule has 4 heteroatoms. The molecule has 4 nitrogen and oxygen atoms in total. The van der Waals surface area contributed by atoms with Crippen molar-refractivity contribution in [2.75, 3.05) is 7.11 Å². The first kappa shape index (κ1) is 15.0. The number of hydrogen-bond acceptors (Lipinski definition) is 3. The van der Waals surface area contributed by atoms with Gasteiger partial charge in [0, 0.05) is 0 Å². The van der Waals surface area contributed by atoms with E-state index in [4.69, 9.17) is 4.74 Å². The van der Waals surface area contributed by atoms with E-state index < -0.39 is 0 Å². The number of para-hydroxylation sites is 2. The van der Waals surface area contributed by atoms with Crippen LogP contribution in [0.25, 0.3) is 33.5 Å². The number of nitrogens with zero attached hydrogens (tertiary/aromatic N) is 2. The van der Waals surface area contributed by atoms with Gasteiger partial charge >= 0.3 is 0 Å². The third-order valence-corrected chi connectivity index (χ3v) is 4.15. The molecule has 0 atom stereocenters. The summed E-state index contributed by atoms with van der Waals surface area (Å²) >= 11 is 0. The van der Waals surface area contributed by atoms with Gasteiger partial charge in [-0.15, -0.1) is 0 Å². The van der Waals surface area contributed by atoms with Crippen LogP contribution in [-0.4, -0.2) is 17.1 Å². The highest BCUT2D eigenvalue weighted by atomic mass is 16.5. The first-order valence-electron chi connectivity index (χ1n) is 7.91. The average molecular weight is 325 g/mol. The molecule has 0 aliphatic heterocycles. The molecular formula is C21H15N3O. The lowest BCUT2D eigenvalue weighted by Crippen LogP contribution is -1.86. The van der Waals surface area contributed by atoms with E-state index in [2.05, 4.69) is 22.1 Å². The molecule has 0 fully saturated rings. The Morgan fingerprint density at radius 1 is 1.08 bits per heavy atom. The zero-order valence-corrected chi connectivity index (χ0v) is 13.7. The Labute approximate surface area is 145 Å². The molecule has 0 unspecified atom stereocenters. The standard InChI is InChI=1S/C21H15N3O/c1-25-18-9-8-15-10-14(6-7-16(15)12-18)11-17(13-22)21-23-19-4-2-3-5-20(19)24-21/h2-12H,1H3,(H,23,24). The van der Waals surface area contributed by atoms with Crippen LogP contribution in [0.2, 0.25) is 0 Å². The Morgan fingerprint density at radius 3 is 2.68 bits per heavy atom. The zero-order valence-electron chi connectivity index (χ0n) is 13.7. The van der Waals surface area contributed by atoms with E-state index in [0.717, 1.165) is 33.1 Å². The number of hydrogen-bond donors (Lipinski definition) is 1. The van der Waals surface area contributed by atoms with Crippen molar-refractivity contribution < 1.29 is 4.74 Å². The minimum absolute atomic E-state index is 0.504. The monoisotopic (exact) mass is 325 g/mol. The highest BCUT2D eigenvalue weighted by Gasteiger charge is 2.08. The number of allylic oxidation sites excluding steroid dienone is 1. The molecule has 1 heterocycles.